The Balaban J connectivity index is 1.63. The first-order valence-corrected chi connectivity index (χ1v) is 11.0. The average molecular weight is 468 g/mol. The number of ether oxygens (including phenoxy) is 2. The molecule has 1 fully saturated rings. The third-order valence-corrected chi connectivity index (χ3v) is 6.17. The van der Waals surface area contributed by atoms with Crippen LogP contribution in [0.5, 0.6) is 11.5 Å². The topological polar surface area (TPSA) is 38.8 Å². The van der Waals surface area contributed by atoms with E-state index in [1.54, 1.807) is 18.1 Å². The molecule has 0 unspecified atom stereocenters. The summed E-state index contributed by atoms with van der Waals surface area (Å²) in [5, 5.41) is 0.669. The average Bonchev–Trinajstić information content (AvgIpc) is 3.07. The third kappa shape index (κ3) is 4.77. The number of halogens is 1. The van der Waals surface area contributed by atoms with Gasteiger partial charge in [-0.3, -0.25) is 9.69 Å². The minimum Gasteiger partial charge on any atom is -0.493 e. The second kappa shape index (κ2) is 9.56. The van der Waals surface area contributed by atoms with Crippen LogP contribution in [0.4, 0.5) is 5.69 Å². The summed E-state index contributed by atoms with van der Waals surface area (Å²) in [6, 6.07) is 22.4. The van der Waals surface area contributed by atoms with Crippen LogP contribution in [0.25, 0.3) is 6.08 Å². The minimum absolute atomic E-state index is 0.160. The van der Waals surface area contributed by atoms with Crippen LogP contribution in [0.2, 0.25) is 5.02 Å². The standard InChI is InChI=1S/C24H18ClNO3S2/c1-28-20-9-5-6-17(22(20)29-15-16-10-12-18(25)13-11-16)14-21-23(27)26(24(30)31-21)19-7-3-2-4-8-19/h2-14H,15H2,1H3/b21-14+. The number of hydrogen-bond donors (Lipinski definition) is 0. The van der Waals surface area contributed by atoms with Gasteiger partial charge in [-0.1, -0.05) is 78.0 Å². The predicted molar refractivity (Wildman–Crippen MR) is 131 cm³/mol. The molecule has 31 heavy (non-hydrogen) atoms. The van der Waals surface area contributed by atoms with Crippen molar-refractivity contribution in [2.24, 2.45) is 0 Å². The molecule has 0 aliphatic carbocycles. The molecular weight excluding hydrogens is 450 g/mol. The van der Waals surface area contributed by atoms with Crippen molar-refractivity contribution in [3.8, 4) is 11.5 Å². The third-order valence-electron chi connectivity index (χ3n) is 4.62. The number of thiocarbonyl (C=S) groups is 1. The van der Waals surface area contributed by atoms with E-state index in [-0.39, 0.29) is 5.91 Å². The van der Waals surface area contributed by atoms with Gasteiger partial charge in [-0.15, -0.1) is 0 Å². The zero-order valence-corrected chi connectivity index (χ0v) is 19.0. The van der Waals surface area contributed by atoms with E-state index in [0.717, 1.165) is 16.8 Å². The Morgan fingerprint density at radius 2 is 1.77 bits per heavy atom. The molecule has 4 rings (SSSR count). The molecule has 1 aliphatic rings. The quantitative estimate of drug-likeness (QED) is 0.312. The van der Waals surface area contributed by atoms with E-state index < -0.39 is 0 Å². The molecule has 3 aromatic rings. The van der Waals surface area contributed by atoms with Gasteiger partial charge >= 0.3 is 0 Å². The van der Waals surface area contributed by atoms with Crippen LogP contribution in [-0.4, -0.2) is 17.3 Å². The second-order valence-electron chi connectivity index (χ2n) is 6.65. The van der Waals surface area contributed by atoms with Gasteiger partial charge in [0.2, 0.25) is 0 Å². The van der Waals surface area contributed by atoms with Crippen LogP contribution in [0, 0.1) is 0 Å². The maximum Gasteiger partial charge on any atom is 0.270 e. The summed E-state index contributed by atoms with van der Waals surface area (Å²) in [5.74, 6) is 0.985. The van der Waals surface area contributed by atoms with Crippen LogP contribution in [0.15, 0.2) is 77.7 Å². The van der Waals surface area contributed by atoms with Gasteiger partial charge in [-0.05, 0) is 42.0 Å². The summed E-state index contributed by atoms with van der Waals surface area (Å²) in [5.41, 5.74) is 2.46. The van der Waals surface area contributed by atoms with Gasteiger partial charge in [-0.2, -0.15) is 0 Å². The Bertz CT molecular complexity index is 1150. The fourth-order valence-electron chi connectivity index (χ4n) is 3.11. The number of hydrogen-bond acceptors (Lipinski definition) is 5. The Labute approximate surface area is 195 Å². The van der Waals surface area contributed by atoms with Gasteiger partial charge in [0.15, 0.2) is 15.8 Å². The lowest BCUT2D eigenvalue weighted by molar-refractivity contribution is -0.113. The highest BCUT2D eigenvalue weighted by Gasteiger charge is 2.33. The van der Waals surface area contributed by atoms with Crippen molar-refractivity contribution in [3.63, 3.8) is 0 Å². The number of carbonyl (C=O) groups excluding carboxylic acids is 1. The highest BCUT2D eigenvalue weighted by atomic mass is 35.5. The zero-order chi connectivity index (χ0) is 21.8. The van der Waals surface area contributed by atoms with Crippen molar-refractivity contribution in [2.45, 2.75) is 6.61 Å². The molecule has 156 valence electrons. The maximum absolute atomic E-state index is 13.1. The van der Waals surface area contributed by atoms with Gasteiger partial charge in [0, 0.05) is 10.6 Å². The number of para-hydroxylation sites is 2. The highest BCUT2D eigenvalue weighted by molar-refractivity contribution is 8.27. The molecule has 0 bridgehead atoms. The molecule has 1 saturated heterocycles. The van der Waals surface area contributed by atoms with E-state index in [4.69, 9.17) is 33.3 Å². The molecule has 0 saturated carbocycles. The fourth-order valence-corrected chi connectivity index (χ4v) is 4.52. The molecule has 0 atom stereocenters. The predicted octanol–water partition coefficient (Wildman–Crippen LogP) is 6.33. The molecule has 7 heteroatoms. The number of thioether (sulfide) groups is 1. The van der Waals surface area contributed by atoms with Crippen molar-refractivity contribution < 1.29 is 14.3 Å². The summed E-state index contributed by atoms with van der Waals surface area (Å²) in [6.45, 7) is 0.337. The van der Waals surface area contributed by atoms with Gasteiger partial charge in [0.25, 0.3) is 5.91 Å². The summed E-state index contributed by atoms with van der Waals surface area (Å²) < 4.78 is 12.1. The van der Waals surface area contributed by atoms with E-state index >= 15 is 0 Å². The summed E-state index contributed by atoms with van der Waals surface area (Å²) in [4.78, 5) is 15.1. The van der Waals surface area contributed by atoms with Crippen molar-refractivity contribution in [2.75, 3.05) is 12.0 Å². The van der Waals surface area contributed by atoms with E-state index in [1.807, 2.05) is 72.8 Å². The van der Waals surface area contributed by atoms with Crippen LogP contribution in [0.3, 0.4) is 0 Å². The zero-order valence-electron chi connectivity index (χ0n) is 16.6. The van der Waals surface area contributed by atoms with Crippen molar-refractivity contribution in [3.05, 3.63) is 93.9 Å². The van der Waals surface area contributed by atoms with Gasteiger partial charge in [0.05, 0.1) is 17.7 Å². The molecule has 0 aromatic heterocycles. The highest BCUT2D eigenvalue weighted by Crippen LogP contribution is 2.39. The molecule has 3 aromatic carbocycles. The van der Waals surface area contributed by atoms with Gasteiger partial charge in [-0.25, -0.2) is 0 Å². The maximum atomic E-state index is 13.1. The van der Waals surface area contributed by atoms with Crippen LogP contribution in [-0.2, 0) is 11.4 Å². The number of amides is 1. The number of anilines is 1. The van der Waals surface area contributed by atoms with Crippen molar-refractivity contribution >= 4 is 57.6 Å². The Kier molecular flexibility index (Phi) is 6.61. The van der Waals surface area contributed by atoms with Crippen LogP contribution in [0.1, 0.15) is 11.1 Å². The normalized spacial score (nSPS) is 14.9. The Hall–Kier alpha value is -2.80. The monoisotopic (exact) mass is 467 g/mol. The second-order valence-corrected chi connectivity index (χ2v) is 8.76. The first-order chi connectivity index (χ1) is 15.1. The van der Waals surface area contributed by atoms with E-state index in [2.05, 4.69) is 0 Å². The lowest BCUT2D eigenvalue weighted by Crippen LogP contribution is -2.27. The number of carbonyl (C=O) groups is 1. The fraction of sp³-hybridized carbons (Fsp3) is 0.0833. The van der Waals surface area contributed by atoms with Crippen LogP contribution >= 0.6 is 35.6 Å². The number of benzene rings is 3. The SMILES string of the molecule is COc1cccc(/C=C2/SC(=S)N(c3ccccc3)C2=O)c1OCc1ccc(Cl)cc1. The van der Waals surface area contributed by atoms with E-state index in [0.29, 0.717) is 32.4 Å². The first kappa shape index (κ1) is 21.4. The molecule has 1 aliphatic heterocycles. The summed E-state index contributed by atoms with van der Waals surface area (Å²) in [7, 11) is 1.59. The number of nitrogens with zero attached hydrogens (tertiary/aromatic N) is 1. The molecule has 4 nitrogen and oxygen atoms in total. The lowest BCUT2D eigenvalue weighted by atomic mass is 10.1. The molecular formula is C24H18ClNO3S2. The largest absolute Gasteiger partial charge is 0.493 e. The van der Waals surface area contributed by atoms with Crippen molar-refractivity contribution in [1.29, 1.82) is 0 Å². The number of rotatable bonds is 6. The van der Waals surface area contributed by atoms with E-state index in [1.165, 1.54) is 11.8 Å². The van der Waals surface area contributed by atoms with Gasteiger partial charge < -0.3 is 9.47 Å². The molecule has 0 N–H and O–H groups in total. The molecule has 0 spiro atoms. The van der Waals surface area contributed by atoms with Crippen molar-refractivity contribution in [1.82, 2.24) is 0 Å². The Morgan fingerprint density at radius 1 is 1.03 bits per heavy atom. The van der Waals surface area contributed by atoms with Gasteiger partial charge in [0.1, 0.15) is 6.61 Å². The summed E-state index contributed by atoms with van der Waals surface area (Å²) in [6.07, 6.45) is 1.79. The number of methoxy groups -OCH3 is 1. The minimum atomic E-state index is -0.160. The molecule has 1 heterocycles. The molecule has 0 radical (unpaired) electrons. The lowest BCUT2D eigenvalue weighted by Gasteiger charge is -2.14. The Morgan fingerprint density at radius 3 is 2.48 bits per heavy atom. The van der Waals surface area contributed by atoms with E-state index in [9.17, 15) is 4.79 Å². The van der Waals surface area contributed by atoms with Crippen LogP contribution < -0.4 is 14.4 Å². The smallest absolute Gasteiger partial charge is 0.270 e. The summed E-state index contributed by atoms with van der Waals surface area (Å²) >= 11 is 12.7. The molecule has 1 amide bonds. The first-order valence-electron chi connectivity index (χ1n) is 9.44.